The van der Waals surface area contributed by atoms with E-state index in [0.29, 0.717) is 5.56 Å². The van der Waals surface area contributed by atoms with Crippen LogP contribution < -0.4 is 0 Å². The summed E-state index contributed by atoms with van der Waals surface area (Å²) in [5, 5.41) is 0. The molecule has 1 saturated carbocycles. The maximum atomic E-state index is 12.3. The summed E-state index contributed by atoms with van der Waals surface area (Å²) in [6.07, 6.45) is 11.9. The van der Waals surface area contributed by atoms with E-state index in [1.807, 2.05) is 24.3 Å². The average molecular weight is 347 g/mol. The van der Waals surface area contributed by atoms with Crippen LogP contribution in [0.4, 0.5) is 0 Å². The Morgan fingerprint density at radius 2 is 1.76 bits per heavy atom. The van der Waals surface area contributed by atoms with Gasteiger partial charge in [-0.2, -0.15) is 0 Å². The monoisotopic (exact) mass is 346 g/mol. The lowest BCUT2D eigenvalue weighted by atomic mass is 9.84. The lowest BCUT2D eigenvalue weighted by Crippen LogP contribution is -2.24. The van der Waals surface area contributed by atoms with Crippen LogP contribution in [0.5, 0.6) is 0 Å². The van der Waals surface area contributed by atoms with Gasteiger partial charge in [-0.15, -0.1) is 0 Å². The third-order valence-corrected chi connectivity index (χ3v) is 5.29. The number of esters is 1. The first-order valence-electron chi connectivity index (χ1n) is 10.0. The molecule has 1 aromatic carbocycles. The number of methoxy groups -OCH3 is 1. The standard InChI is InChI=1S/C22H34O3/c1-3-4-5-7-18-11-15-21(16-12-18)25-22(23)20-13-9-19(10-14-20)8-6-17-24-2/h9-10,13-14,18,21H,3-8,11-12,15-17H2,1-2H3. The molecule has 0 saturated heterocycles. The Labute approximate surface area is 153 Å². The Morgan fingerprint density at radius 1 is 1.04 bits per heavy atom. The molecule has 1 aliphatic rings. The first kappa shape index (κ1) is 20.0. The number of ether oxygens (including phenoxy) is 2. The molecule has 3 heteroatoms. The van der Waals surface area contributed by atoms with Crippen LogP contribution in [0.1, 0.15) is 80.6 Å². The summed E-state index contributed by atoms with van der Waals surface area (Å²) in [4.78, 5) is 12.3. The molecule has 2 rings (SSSR count). The van der Waals surface area contributed by atoms with E-state index in [4.69, 9.17) is 9.47 Å². The first-order chi connectivity index (χ1) is 12.2. The van der Waals surface area contributed by atoms with Crippen LogP contribution in [0, 0.1) is 5.92 Å². The molecule has 0 spiro atoms. The van der Waals surface area contributed by atoms with Gasteiger partial charge < -0.3 is 9.47 Å². The van der Waals surface area contributed by atoms with Crippen LogP contribution >= 0.6 is 0 Å². The van der Waals surface area contributed by atoms with Gasteiger partial charge in [0.05, 0.1) is 5.56 Å². The molecule has 0 atom stereocenters. The molecule has 0 aromatic heterocycles. The van der Waals surface area contributed by atoms with Crippen molar-refractivity contribution in [1.82, 2.24) is 0 Å². The van der Waals surface area contributed by atoms with Crippen molar-refractivity contribution in [2.24, 2.45) is 5.92 Å². The summed E-state index contributed by atoms with van der Waals surface area (Å²) in [5.41, 5.74) is 1.90. The second-order valence-corrected chi connectivity index (χ2v) is 7.34. The third kappa shape index (κ3) is 7.19. The molecule has 1 aliphatic carbocycles. The van der Waals surface area contributed by atoms with Crippen molar-refractivity contribution in [3.05, 3.63) is 35.4 Å². The fourth-order valence-electron chi connectivity index (χ4n) is 3.67. The Kier molecular flexibility index (Phi) is 9.03. The number of carbonyl (C=O) groups excluding carboxylic acids is 1. The van der Waals surface area contributed by atoms with Crippen molar-refractivity contribution in [1.29, 1.82) is 0 Å². The van der Waals surface area contributed by atoms with Crippen LogP contribution in [0.2, 0.25) is 0 Å². The van der Waals surface area contributed by atoms with Crippen molar-refractivity contribution in [3.63, 3.8) is 0 Å². The molecule has 25 heavy (non-hydrogen) atoms. The van der Waals surface area contributed by atoms with Crippen molar-refractivity contribution < 1.29 is 14.3 Å². The highest BCUT2D eigenvalue weighted by Gasteiger charge is 2.24. The molecule has 0 N–H and O–H groups in total. The summed E-state index contributed by atoms with van der Waals surface area (Å²) in [6, 6.07) is 7.83. The van der Waals surface area contributed by atoms with Crippen LogP contribution in [0.15, 0.2) is 24.3 Å². The van der Waals surface area contributed by atoms with E-state index in [1.54, 1.807) is 7.11 Å². The van der Waals surface area contributed by atoms with Gasteiger partial charge in [0.1, 0.15) is 6.10 Å². The molecule has 0 heterocycles. The normalized spacial score (nSPS) is 20.4. The smallest absolute Gasteiger partial charge is 0.338 e. The molecule has 0 amide bonds. The van der Waals surface area contributed by atoms with Gasteiger partial charge in [-0.3, -0.25) is 0 Å². The van der Waals surface area contributed by atoms with Crippen molar-refractivity contribution in [3.8, 4) is 0 Å². The average Bonchev–Trinajstić information content (AvgIpc) is 2.64. The number of hydrogen-bond donors (Lipinski definition) is 0. The fourth-order valence-corrected chi connectivity index (χ4v) is 3.67. The lowest BCUT2D eigenvalue weighted by Gasteiger charge is -2.28. The van der Waals surface area contributed by atoms with Gasteiger partial charge >= 0.3 is 5.97 Å². The number of aryl methyl sites for hydroxylation is 1. The van der Waals surface area contributed by atoms with Gasteiger partial charge in [-0.1, -0.05) is 44.7 Å². The second kappa shape index (κ2) is 11.3. The molecule has 0 radical (unpaired) electrons. The van der Waals surface area contributed by atoms with Crippen molar-refractivity contribution in [2.45, 2.75) is 77.2 Å². The van der Waals surface area contributed by atoms with Crippen LogP contribution in [0.3, 0.4) is 0 Å². The van der Waals surface area contributed by atoms with E-state index >= 15 is 0 Å². The van der Waals surface area contributed by atoms with Gasteiger partial charge in [-0.25, -0.2) is 4.79 Å². The molecule has 140 valence electrons. The number of benzene rings is 1. The first-order valence-corrected chi connectivity index (χ1v) is 10.0. The molecule has 1 fully saturated rings. The molecule has 1 aromatic rings. The summed E-state index contributed by atoms with van der Waals surface area (Å²) >= 11 is 0. The van der Waals surface area contributed by atoms with Gasteiger partial charge in [0.25, 0.3) is 0 Å². The summed E-state index contributed by atoms with van der Waals surface area (Å²) in [7, 11) is 1.72. The predicted molar refractivity (Wildman–Crippen MR) is 102 cm³/mol. The van der Waals surface area contributed by atoms with Gasteiger partial charge in [0.2, 0.25) is 0 Å². The van der Waals surface area contributed by atoms with Crippen molar-refractivity contribution in [2.75, 3.05) is 13.7 Å². The molecule has 0 aliphatic heterocycles. The summed E-state index contributed by atoms with van der Waals surface area (Å²) < 4.78 is 10.8. The number of unbranched alkanes of at least 4 members (excludes halogenated alkanes) is 2. The maximum Gasteiger partial charge on any atom is 0.338 e. The minimum absolute atomic E-state index is 0.108. The molecular weight excluding hydrogens is 312 g/mol. The zero-order valence-electron chi connectivity index (χ0n) is 16.0. The van der Waals surface area contributed by atoms with E-state index in [9.17, 15) is 4.79 Å². The maximum absolute atomic E-state index is 12.3. The van der Waals surface area contributed by atoms with Crippen LogP contribution in [-0.4, -0.2) is 25.8 Å². The second-order valence-electron chi connectivity index (χ2n) is 7.34. The fraction of sp³-hybridized carbons (Fsp3) is 0.682. The van der Waals surface area contributed by atoms with Gasteiger partial charge in [0, 0.05) is 13.7 Å². The zero-order valence-corrected chi connectivity index (χ0v) is 16.0. The molecular formula is C22H34O3. The highest BCUT2D eigenvalue weighted by atomic mass is 16.5. The zero-order chi connectivity index (χ0) is 17.9. The Morgan fingerprint density at radius 3 is 2.40 bits per heavy atom. The van der Waals surface area contributed by atoms with Gasteiger partial charge in [-0.05, 0) is 62.1 Å². The number of carbonyl (C=O) groups is 1. The van der Waals surface area contributed by atoms with E-state index in [0.717, 1.165) is 38.2 Å². The predicted octanol–water partition coefficient (Wildman–Crippen LogP) is 5.56. The minimum Gasteiger partial charge on any atom is -0.459 e. The van der Waals surface area contributed by atoms with E-state index < -0.39 is 0 Å². The molecule has 3 nitrogen and oxygen atoms in total. The summed E-state index contributed by atoms with van der Waals surface area (Å²) in [6.45, 7) is 3.02. The Balaban J connectivity index is 1.71. The number of hydrogen-bond acceptors (Lipinski definition) is 3. The Bertz CT molecular complexity index is 486. The summed E-state index contributed by atoms with van der Waals surface area (Å²) in [5.74, 6) is 0.672. The Hall–Kier alpha value is -1.35. The van der Waals surface area contributed by atoms with Gasteiger partial charge in [0.15, 0.2) is 0 Å². The molecule has 0 bridgehead atoms. The van der Waals surface area contributed by atoms with Crippen LogP contribution in [-0.2, 0) is 15.9 Å². The third-order valence-electron chi connectivity index (χ3n) is 5.29. The SMILES string of the molecule is CCCCCC1CCC(OC(=O)c2ccc(CCCOC)cc2)CC1. The highest BCUT2D eigenvalue weighted by molar-refractivity contribution is 5.89. The number of rotatable bonds is 10. The van der Waals surface area contributed by atoms with Crippen molar-refractivity contribution >= 4 is 5.97 Å². The quantitative estimate of drug-likeness (QED) is 0.411. The van der Waals surface area contributed by atoms with E-state index in [1.165, 1.54) is 44.1 Å². The van der Waals surface area contributed by atoms with E-state index in [-0.39, 0.29) is 12.1 Å². The minimum atomic E-state index is -0.169. The molecule has 0 unspecified atom stereocenters. The largest absolute Gasteiger partial charge is 0.459 e. The topological polar surface area (TPSA) is 35.5 Å². The van der Waals surface area contributed by atoms with Crippen LogP contribution in [0.25, 0.3) is 0 Å². The lowest BCUT2D eigenvalue weighted by molar-refractivity contribution is 0.0161. The highest BCUT2D eigenvalue weighted by Crippen LogP contribution is 2.30. The van der Waals surface area contributed by atoms with E-state index in [2.05, 4.69) is 6.92 Å².